The fourth-order valence-electron chi connectivity index (χ4n) is 3.83. The van der Waals surface area contributed by atoms with Crippen molar-refractivity contribution in [2.45, 2.75) is 37.7 Å². The average molecular weight is 435 g/mol. The van der Waals surface area contributed by atoms with E-state index in [-0.39, 0.29) is 12.0 Å². The van der Waals surface area contributed by atoms with Crippen molar-refractivity contribution >= 4 is 11.6 Å². The molecule has 5 rings (SSSR count). The van der Waals surface area contributed by atoms with Crippen LogP contribution in [-0.2, 0) is 4.74 Å². The lowest BCUT2D eigenvalue weighted by Gasteiger charge is -2.15. The molecule has 1 aromatic heterocycles. The fourth-order valence-corrected chi connectivity index (χ4v) is 3.83. The Bertz CT molecular complexity index is 1110. The second-order valence-corrected chi connectivity index (χ2v) is 8.01. The summed E-state index contributed by atoms with van der Waals surface area (Å²) in [7, 11) is 1.60. The normalized spacial score (nSPS) is 17.8. The lowest BCUT2D eigenvalue weighted by Crippen LogP contribution is -2.19. The van der Waals surface area contributed by atoms with Gasteiger partial charge in [0, 0.05) is 18.2 Å². The highest BCUT2D eigenvalue weighted by molar-refractivity contribution is 6.06. The van der Waals surface area contributed by atoms with E-state index in [1.165, 1.54) is 0 Å². The standard InChI is InChI=1S/C23H25N5O4/c1-30-21-11-10-16(13-19(21)28-22(15-8-9-15)25-26-27-28)24-23(29)18-6-2-3-7-20(18)32-14-17-5-4-12-31-17/h2-3,6-7,10-11,13,15,17H,4-5,8-9,12,14H2,1H3,(H,24,29)/t17-/m1/s1. The number of aromatic nitrogens is 4. The van der Waals surface area contributed by atoms with E-state index in [4.69, 9.17) is 14.2 Å². The number of ether oxygens (including phenoxy) is 3. The Hall–Kier alpha value is -3.46. The van der Waals surface area contributed by atoms with E-state index in [9.17, 15) is 4.79 Å². The van der Waals surface area contributed by atoms with Crippen LogP contribution in [0.5, 0.6) is 11.5 Å². The third-order valence-electron chi connectivity index (χ3n) is 5.68. The molecular formula is C23H25N5O4. The molecule has 0 bridgehead atoms. The van der Waals surface area contributed by atoms with Crippen molar-refractivity contribution in [1.82, 2.24) is 20.2 Å². The number of tetrazole rings is 1. The number of hydrogen-bond acceptors (Lipinski definition) is 7. The molecule has 9 nitrogen and oxygen atoms in total. The molecule has 3 aromatic rings. The molecule has 32 heavy (non-hydrogen) atoms. The molecule has 166 valence electrons. The summed E-state index contributed by atoms with van der Waals surface area (Å²) >= 11 is 0. The Labute approximate surface area is 185 Å². The molecule has 1 N–H and O–H groups in total. The third kappa shape index (κ3) is 4.29. The minimum atomic E-state index is -0.261. The van der Waals surface area contributed by atoms with Crippen LogP contribution in [0.15, 0.2) is 42.5 Å². The van der Waals surface area contributed by atoms with Crippen molar-refractivity contribution in [2.24, 2.45) is 0 Å². The molecule has 1 amide bonds. The Morgan fingerprint density at radius 2 is 2.06 bits per heavy atom. The topological polar surface area (TPSA) is 100 Å². The van der Waals surface area contributed by atoms with E-state index in [1.807, 2.05) is 18.2 Å². The number of hydrogen-bond donors (Lipinski definition) is 1. The average Bonchev–Trinajstić information content (AvgIpc) is 3.32. The summed E-state index contributed by atoms with van der Waals surface area (Å²) in [5.74, 6) is 2.06. The quantitative estimate of drug-likeness (QED) is 0.579. The maximum absolute atomic E-state index is 13.1. The van der Waals surface area contributed by atoms with Gasteiger partial charge in [0.2, 0.25) is 0 Å². The predicted molar refractivity (Wildman–Crippen MR) is 117 cm³/mol. The molecule has 0 spiro atoms. The summed E-state index contributed by atoms with van der Waals surface area (Å²) in [5, 5.41) is 15.1. The first-order valence-electron chi connectivity index (χ1n) is 10.8. The van der Waals surface area contributed by atoms with E-state index < -0.39 is 0 Å². The van der Waals surface area contributed by atoms with Crippen LogP contribution < -0.4 is 14.8 Å². The number of carbonyl (C=O) groups is 1. The van der Waals surface area contributed by atoms with Gasteiger partial charge < -0.3 is 19.5 Å². The van der Waals surface area contributed by atoms with E-state index >= 15 is 0 Å². The minimum Gasteiger partial charge on any atom is -0.494 e. The molecule has 2 heterocycles. The molecule has 1 aliphatic heterocycles. The van der Waals surface area contributed by atoms with Gasteiger partial charge in [-0.2, -0.15) is 4.68 Å². The first-order valence-corrected chi connectivity index (χ1v) is 10.8. The molecule has 1 saturated heterocycles. The van der Waals surface area contributed by atoms with Crippen LogP contribution in [0.2, 0.25) is 0 Å². The van der Waals surface area contributed by atoms with E-state index in [0.717, 1.165) is 38.1 Å². The Kier molecular flexibility index (Phi) is 5.72. The number of nitrogens with zero attached hydrogens (tertiary/aromatic N) is 4. The largest absolute Gasteiger partial charge is 0.494 e. The van der Waals surface area contributed by atoms with Gasteiger partial charge in [-0.3, -0.25) is 4.79 Å². The van der Waals surface area contributed by atoms with Gasteiger partial charge in [-0.05, 0) is 66.4 Å². The lowest BCUT2D eigenvalue weighted by molar-refractivity contribution is 0.0673. The number of methoxy groups -OCH3 is 1. The molecule has 2 fully saturated rings. The molecule has 2 aliphatic rings. The summed E-state index contributed by atoms with van der Waals surface area (Å²) in [4.78, 5) is 13.1. The fraction of sp³-hybridized carbons (Fsp3) is 0.391. The van der Waals surface area contributed by atoms with Crippen molar-refractivity contribution in [3.8, 4) is 17.2 Å². The monoisotopic (exact) mass is 435 g/mol. The number of benzene rings is 2. The van der Waals surface area contributed by atoms with Crippen molar-refractivity contribution in [2.75, 3.05) is 25.6 Å². The van der Waals surface area contributed by atoms with Crippen molar-refractivity contribution in [1.29, 1.82) is 0 Å². The molecule has 1 saturated carbocycles. The van der Waals surface area contributed by atoms with Gasteiger partial charge in [0.25, 0.3) is 5.91 Å². The molecule has 2 aromatic carbocycles. The smallest absolute Gasteiger partial charge is 0.259 e. The second-order valence-electron chi connectivity index (χ2n) is 8.01. The number of anilines is 1. The zero-order chi connectivity index (χ0) is 21.9. The van der Waals surface area contributed by atoms with Crippen molar-refractivity contribution in [3.63, 3.8) is 0 Å². The third-order valence-corrected chi connectivity index (χ3v) is 5.68. The number of rotatable bonds is 8. The zero-order valence-corrected chi connectivity index (χ0v) is 17.9. The summed E-state index contributed by atoms with van der Waals surface area (Å²) in [5.41, 5.74) is 1.75. The minimum absolute atomic E-state index is 0.0761. The van der Waals surface area contributed by atoms with E-state index in [1.54, 1.807) is 36.1 Å². The maximum Gasteiger partial charge on any atom is 0.259 e. The first-order chi connectivity index (χ1) is 15.7. The van der Waals surface area contributed by atoms with Gasteiger partial charge in [0.1, 0.15) is 23.8 Å². The van der Waals surface area contributed by atoms with Crippen LogP contribution in [0.4, 0.5) is 5.69 Å². The van der Waals surface area contributed by atoms with Crippen LogP contribution in [-0.4, -0.2) is 52.5 Å². The molecule has 0 radical (unpaired) electrons. The highest BCUT2D eigenvalue weighted by atomic mass is 16.5. The van der Waals surface area contributed by atoms with E-state index in [2.05, 4.69) is 20.8 Å². The van der Waals surface area contributed by atoms with Crippen LogP contribution in [0.25, 0.3) is 5.69 Å². The Morgan fingerprint density at radius 1 is 1.19 bits per heavy atom. The number of carbonyl (C=O) groups excluding carboxylic acids is 1. The maximum atomic E-state index is 13.1. The highest BCUT2D eigenvalue weighted by Gasteiger charge is 2.31. The van der Waals surface area contributed by atoms with Gasteiger partial charge in [-0.15, -0.1) is 5.10 Å². The molecule has 0 unspecified atom stereocenters. The van der Waals surface area contributed by atoms with Gasteiger partial charge in [0.15, 0.2) is 5.82 Å². The number of para-hydroxylation sites is 1. The summed E-state index contributed by atoms with van der Waals surface area (Å²) in [6.07, 6.45) is 4.24. The second kappa shape index (κ2) is 8.96. The van der Waals surface area contributed by atoms with Crippen LogP contribution in [0.1, 0.15) is 47.8 Å². The van der Waals surface area contributed by atoms with Crippen LogP contribution >= 0.6 is 0 Å². The number of amides is 1. The summed E-state index contributed by atoms with van der Waals surface area (Å²) < 4.78 is 18.7. The van der Waals surface area contributed by atoms with Gasteiger partial charge >= 0.3 is 0 Å². The number of nitrogens with one attached hydrogen (secondary N) is 1. The molecule has 1 aliphatic carbocycles. The molecule has 1 atom stereocenters. The molecule has 9 heteroatoms. The Balaban J connectivity index is 1.36. The van der Waals surface area contributed by atoms with Crippen LogP contribution in [0.3, 0.4) is 0 Å². The zero-order valence-electron chi connectivity index (χ0n) is 17.9. The predicted octanol–water partition coefficient (Wildman–Crippen LogP) is 3.36. The SMILES string of the molecule is COc1ccc(NC(=O)c2ccccc2OC[C@H]2CCCO2)cc1-n1nnnc1C1CC1. The van der Waals surface area contributed by atoms with Gasteiger partial charge in [-0.1, -0.05) is 12.1 Å². The van der Waals surface area contributed by atoms with Gasteiger partial charge in [0.05, 0.1) is 18.8 Å². The molecular weight excluding hydrogens is 410 g/mol. The van der Waals surface area contributed by atoms with Crippen LogP contribution in [0, 0.1) is 0 Å². The first kappa shape index (κ1) is 20.4. The lowest BCUT2D eigenvalue weighted by atomic mass is 10.1. The van der Waals surface area contributed by atoms with E-state index in [0.29, 0.717) is 41.0 Å². The Morgan fingerprint density at radius 3 is 2.84 bits per heavy atom. The summed E-state index contributed by atoms with van der Waals surface area (Å²) in [6.45, 7) is 1.19. The van der Waals surface area contributed by atoms with Gasteiger partial charge in [-0.25, -0.2) is 0 Å². The van der Waals surface area contributed by atoms with Crippen molar-refractivity contribution < 1.29 is 19.0 Å². The van der Waals surface area contributed by atoms with Crippen molar-refractivity contribution in [3.05, 3.63) is 53.9 Å². The summed E-state index contributed by atoms with van der Waals surface area (Å²) in [6, 6.07) is 12.6. The highest BCUT2D eigenvalue weighted by Crippen LogP contribution is 2.40.